The van der Waals surface area contributed by atoms with Crippen LogP contribution in [0.5, 0.6) is 0 Å². The van der Waals surface area contributed by atoms with Crippen molar-refractivity contribution in [2.24, 2.45) is 0 Å². The zero-order valence-electron chi connectivity index (χ0n) is 11.5. The van der Waals surface area contributed by atoms with Gasteiger partial charge in [0.25, 0.3) is 0 Å². The quantitative estimate of drug-likeness (QED) is 0.918. The van der Waals surface area contributed by atoms with Crippen molar-refractivity contribution in [2.75, 3.05) is 38.1 Å². The van der Waals surface area contributed by atoms with E-state index in [-0.39, 0.29) is 0 Å². The number of nitrogens with one attached hydrogen (secondary N) is 1. The van der Waals surface area contributed by atoms with E-state index < -0.39 is 0 Å². The maximum Gasteiger partial charge on any atom is 0.0424 e. The maximum atomic E-state index is 3.60. The SMILES string of the molecule is CNCc1ccc(Br)cc1N1CCN(C2CC2)CC1. The van der Waals surface area contributed by atoms with Crippen molar-refractivity contribution >= 4 is 21.6 Å². The highest BCUT2D eigenvalue weighted by Gasteiger charge is 2.31. The minimum atomic E-state index is 0.904. The Kier molecular flexibility index (Phi) is 4.10. The summed E-state index contributed by atoms with van der Waals surface area (Å²) in [4.78, 5) is 5.20. The standard InChI is InChI=1S/C15H22BrN3/c1-17-11-12-2-3-13(16)10-15(12)19-8-6-18(7-9-19)14-4-5-14/h2-3,10,14,17H,4-9,11H2,1H3. The molecule has 1 saturated heterocycles. The van der Waals surface area contributed by atoms with Crippen molar-refractivity contribution in [3.63, 3.8) is 0 Å². The van der Waals surface area contributed by atoms with Crippen LogP contribution in [0.15, 0.2) is 22.7 Å². The van der Waals surface area contributed by atoms with Gasteiger partial charge >= 0.3 is 0 Å². The number of halogens is 1. The van der Waals surface area contributed by atoms with Crippen LogP contribution in [0.2, 0.25) is 0 Å². The molecular formula is C15H22BrN3. The first kappa shape index (κ1) is 13.4. The molecule has 0 atom stereocenters. The molecular weight excluding hydrogens is 302 g/mol. The van der Waals surface area contributed by atoms with Crippen LogP contribution in [-0.2, 0) is 6.54 Å². The number of hydrogen-bond acceptors (Lipinski definition) is 3. The highest BCUT2D eigenvalue weighted by atomic mass is 79.9. The number of benzene rings is 1. The lowest BCUT2D eigenvalue weighted by Crippen LogP contribution is -2.47. The van der Waals surface area contributed by atoms with Crippen molar-refractivity contribution in [2.45, 2.75) is 25.4 Å². The van der Waals surface area contributed by atoms with Crippen molar-refractivity contribution in [3.8, 4) is 0 Å². The van der Waals surface area contributed by atoms with Crippen LogP contribution in [0.3, 0.4) is 0 Å². The van der Waals surface area contributed by atoms with E-state index in [1.54, 1.807) is 0 Å². The Morgan fingerprint density at radius 3 is 2.58 bits per heavy atom. The van der Waals surface area contributed by atoms with Gasteiger partial charge in [-0.05, 0) is 37.6 Å². The molecule has 3 nitrogen and oxygen atoms in total. The van der Waals surface area contributed by atoms with Gasteiger partial charge in [-0.2, -0.15) is 0 Å². The van der Waals surface area contributed by atoms with Crippen LogP contribution in [0.4, 0.5) is 5.69 Å². The molecule has 0 amide bonds. The fraction of sp³-hybridized carbons (Fsp3) is 0.600. The summed E-state index contributed by atoms with van der Waals surface area (Å²) in [5, 5.41) is 3.27. The zero-order valence-corrected chi connectivity index (χ0v) is 13.1. The van der Waals surface area contributed by atoms with E-state index in [4.69, 9.17) is 0 Å². The topological polar surface area (TPSA) is 18.5 Å². The van der Waals surface area contributed by atoms with Gasteiger partial charge in [0.15, 0.2) is 0 Å². The third-order valence-electron chi connectivity index (χ3n) is 4.13. The van der Waals surface area contributed by atoms with Crippen LogP contribution in [0.25, 0.3) is 0 Å². The van der Waals surface area contributed by atoms with Crippen molar-refractivity contribution in [1.82, 2.24) is 10.2 Å². The molecule has 2 aliphatic rings. The summed E-state index contributed by atoms with van der Waals surface area (Å²) < 4.78 is 1.17. The first-order valence-electron chi connectivity index (χ1n) is 7.20. The predicted octanol–water partition coefficient (Wildman–Crippen LogP) is 2.45. The fourth-order valence-corrected chi connectivity index (χ4v) is 3.29. The number of piperazine rings is 1. The molecule has 1 saturated carbocycles. The Balaban J connectivity index is 1.72. The number of rotatable bonds is 4. The van der Waals surface area contributed by atoms with E-state index in [0.717, 1.165) is 25.7 Å². The summed E-state index contributed by atoms with van der Waals surface area (Å²) in [5.74, 6) is 0. The molecule has 1 aliphatic carbocycles. The molecule has 1 aromatic carbocycles. The highest BCUT2D eigenvalue weighted by Crippen LogP contribution is 2.30. The van der Waals surface area contributed by atoms with Gasteiger partial charge in [-0.25, -0.2) is 0 Å². The van der Waals surface area contributed by atoms with Gasteiger partial charge in [0.1, 0.15) is 0 Å². The van der Waals surface area contributed by atoms with Crippen molar-refractivity contribution in [3.05, 3.63) is 28.2 Å². The second-order valence-corrected chi connectivity index (χ2v) is 6.47. The third kappa shape index (κ3) is 3.12. The van der Waals surface area contributed by atoms with Gasteiger partial charge in [0.2, 0.25) is 0 Å². The van der Waals surface area contributed by atoms with Crippen LogP contribution in [-0.4, -0.2) is 44.2 Å². The molecule has 1 N–H and O–H groups in total. The third-order valence-corrected chi connectivity index (χ3v) is 4.63. The number of hydrogen-bond donors (Lipinski definition) is 1. The molecule has 0 unspecified atom stereocenters. The fourth-order valence-electron chi connectivity index (χ4n) is 2.94. The minimum Gasteiger partial charge on any atom is -0.369 e. The molecule has 0 aromatic heterocycles. The summed E-state index contributed by atoms with van der Waals surface area (Å²) >= 11 is 3.60. The van der Waals surface area contributed by atoms with E-state index in [2.05, 4.69) is 49.2 Å². The average molecular weight is 324 g/mol. The van der Waals surface area contributed by atoms with Crippen LogP contribution in [0.1, 0.15) is 18.4 Å². The number of anilines is 1. The number of nitrogens with zero attached hydrogens (tertiary/aromatic N) is 2. The Hall–Kier alpha value is -0.580. The van der Waals surface area contributed by atoms with Crippen molar-refractivity contribution < 1.29 is 0 Å². The molecule has 0 bridgehead atoms. The van der Waals surface area contributed by atoms with E-state index >= 15 is 0 Å². The largest absolute Gasteiger partial charge is 0.369 e. The molecule has 4 heteroatoms. The molecule has 1 heterocycles. The lowest BCUT2D eigenvalue weighted by atomic mass is 10.1. The Morgan fingerprint density at radius 1 is 1.21 bits per heavy atom. The predicted molar refractivity (Wildman–Crippen MR) is 83.7 cm³/mol. The minimum absolute atomic E-state index is 0.904. The van der Waals surface area contributed by atoms with Gasteiger partial charge < -0.3 is 10.2 Å². The smallest absolute Gasteiger partial charge is 0.0424 e. The van der Waals surface area contributed by atoms with Gasteiger partial charge in [-0.1, -0.05) is 22.0 Å². The van der Waals surface area contributed by atoms with Crippen LogP contribution in [0, 0.1) is 0 Å². The van der Waals surface area contributed by atoms with Gasteiger partial charge in [-0.15, -0.1) is 0 Å². The Bertz CT molecular complexity index is 437. The first-order chi connectivity index (χ1) is 9.28. The van der Waals surface area contributed by atoms with E-state index in [0.29, 0.717) is 0 Å². The lowest BCUT2D eigenvalue weighted by molar-refractivity contribution is 0.248. The van der Waals surface area contributed by atoms with Gasteiger partial charge in [0.05, 0.1) is 0 Å². The summed E-state index contributed by atoms with van der Waals surface area (Å²) in [5.41, 5.74) is 2.78. The molecule has 2 fully saturated rings. The molecule has 0 spiro atoms. The van der Waals surface area contributed by atoms with Gasteiger partial charge in [0, 0.05) is 48.9 Å². The Labute approximate surface area is 124 Å². The molecule has 104 valence electrons. The second-order valence-electron chi connectivity index (χ2n) is 5.56. The molecule has 19 heavy (non-hydrogen) atoms. The van der Waals surface area contributed by atoms with Crippen molar-refractivity contribution in [1.29, 1.82) is 0 Å². The molecule has 0 radical (unpaired) electrons. The summed E-state index contributed by atoms with van der Waals surface area (Å²) in [7, 11) is 2.01. The monoisotopic (exact) mass is 323 g/mol. The summed E-state index contributed by atoms with van der Waals surface area (Å²) in [6.07, 6.45) is 2.84. The normalized spacial score (nSPS) is 20.8. The molecule has 3 rings (SSSR count). The van der Waals surface area contributed by atoms with Crippen LogP contribution < -0.4 is 10.2 Å². The zero-order chi connectivity index (χ0) is 13.2. The van der Waals surface area contributed by atoms with Crippen LogP contribution >= 0.6 is 15.9 Å². The van der Waals surface area contributed by atoms with E-state index in [1.807, 2.05) is 7.05 Å². The molecule has 1 aromatic rings. The average Bonchev–Trinajstić information content (AvgIpc) is 3.26. The molecule has 1 aliphatic heterocycles. The van der Waals surface area contributed by atoms with E-state index in [9.17, 15) is 0 Å². The summed E-state index contributed by atoms with van der Waals surface area (Å²) in [6, 6.07) is 7.53. The lowest BCUT2D eigenvalue weighted by Gasteiger charge is -2.37. The maximum absolute atomic E-state index is 3.60. The summed E-state index contributed by atoms with van der Waals surface area (Å²) in [6.45, 7) is 5.69. The Morgan fingerprint density at radius 2 is 1.95 bits per heavy atom. The van der Waals surface area contributed by atoms with E-state index in [1.165, 1.54) is 41.7 Å². The van der Waals surface area contributed by atoms with Gasteiger partial charge in [-0.3, -0.25) is 4.90 Å². The highest BCUT2D eigenvalue weighted by molar-refractivity contribution is 9.10. The second kappa shape index (κ2) is 5.81. The first-order valence-corrected chi connectivity index (χ1v) is 7.99.